The molecule has 108 valence electrons. The Kier molecular flexibility index (Phi) is 11.4. The third-order valence-electron chi connectivity index (χ3n) is 2.66. The fraction of sp³-hybridized carbons (Fsp3) is 0.846. The van der Waals surface area contributed by atoms with Gasteiger partial charge in [0.2, 0.25) is 0 Å². The molecule has 0 radical (unpaired) electrons. The minimum Gasteiger partial charge on any atom is -0.395 e. The first-order chi connectivity index (χ1) is 8.62. The normalized spacial score (nSPS) is 11.6. The molecule has 1 N–H and O–H groups in total. The molecule has 0 saturated carbocycles. The van der Waals surface area contributed by atoms with Crippen LogP contribution in [0.5, 0.6) is 0 Å². The topological polar surface area (TPSA) is 63.6 Å². The summed E-state index contributed by atoms with van der Waals surface area (Å²) in [5.41, 5.74) is 0. The summed E-state index contributed by atoms with van der Waals surface area (Å²) in [4.78, 5) is 0. The van der Waals surface area contributed by atoms with E-state index in [2.05, 4.69) is 6.58 Å². The molecule has 0 aliphatic rings. The molecule has 0 aliphatic heterocycles. The van der Waals surface area contributed by atoms with Crippen molar-refractivity contribution in [1.82, 2.24) is 0 Å². The van der Waals surface area contributed by atoms with Gasteiger partial charge >= 0.3 is 0 Å². The van der Waals surface area contributed by atoms with Crippen molar-refractivity contribution >= 4 is 10.1 Å². The summed E-state index contributed by atoms with van der Waals surface area (Å²) in [7, 11) is -3.50. The number of rotatable bonds is 13. The number of hydrogen-bond donors (Lipinski definition) is 1. The zero-order chi connectivity index (χ0) is 13.7. The number of hydrogen-bond acceptors (Lipinski definition) is 4. The van der Waals surface area contributed by atoms with Gasteiger partial charge in [-0.15, -0.1) is 6.58 Å². The van der Waals surface area contributed by atoms with Crippen molar-refractivity contribution < 1.29 is 17.7 Å². The highest BCUT2D eigenvalue weighted by Gasteiger charge is 2.08. The first kappa shape index (κ1) is 17.6. The molecule has 0 fully saturated rings. The van der Waals surface area contributed by atoms with E-state index < -0.39 is 10.1 Å². The Morgan fingerprint density at radius 2 is 1.56 bits per heavy atom. The predicted octanol–water partition coefficient (Wildman–Crippen LogP) is 2.63. The fourth-order valence-corrected chi connectivity index (χ4v) is 2.34. The summed E-state index contributed by atoms with van der Waals surface area (Å²) in [6.45, 7) is 3.54. The number of allylic oxidation sites excluding steroid dienone is 1. The van der Waals surface area contributed by atoms with Gasteiger partial charge in [0.25, 0.3) is 10.1 Å². The van der Waals surface area contributed by atoms with Gasteiger partial charge in [-0.25, -0.2) is 0 Å². The molecule has 0 aromatic rings. The van der Waals surface area contributed by atoms with Crippen LogP contribution in [0.4, 0.5) is 0 Å². The molecule has 18 heavy (non-hydrogen) atoms. The maximum atomic E-state index is 11.1. The van der Waals surface area contributed by atoms with Gasteiger partial charge in [-0.1, -0.05) is 38.2 Å². The molecule has 0 atom stereocenters. The second-order valence-corrected chi connectivity index (χ2v) is 6.12. The molecule has 0 unspecified atom stereocenters. The molecule has 0 heterocycles. The Hall–Kier alpha value is -0.390. The third kappa shape index (κ3) is 12.1. The van der Waals surface area contributed by atoms with Crippen LogP contribution < -0.4 is 0 Å². The van der Waals surface area contributed by atoms with Gasteiger partial charge in [0, 0.05) is 0 Å². The second-order valence-electron chi connectivity index (χ2n) is 4.36. The van der Waals surface area contributed by atoms with Crippen LogP contribution in [0.1, 0.15) is 51.4 Å². The second kappa shape index (κ2) is 11.7. The Morgan fingerprint density at radius 3 is 2.11 bits per heavy atom. The Bertz CT molecular complexity index is 285. The van der Waals surface area contributed by atoms with Crippen LogP contribution in [0.3, 0.4) is 0 Å². The number of aliphatic hydroxyl groups is 1. The summed E-state index contributed by atoms with van der Waals surface area (Å²) in [6, 6.07) is 0. The lowest BCUT2D eigenvalue weighted by Crippen LogP contribution is -2.14. The highest BCUT2D eigenvalue weighted by atomic mass is 32.2. The van der Waals surface area contributed by atoms with Crippen LogP contribution in [-0.4, -0.2) is 32.5 Å². The Balaban J connectivity index is 3.23. The molecule has 0 aliphatic carbocycles. The van der Waals surface area contributed by atoms with Gasteiger partial charge in [0.15, 0.2) is 0 Å². The molecule has 0 aromatic heterocycles. The quantitative estimate of drug-likeness (QED) is 0.319. The van der Waals surface area contributed by atoms with E-state index in [1.165, 1.54) is 25.7 Å². The molecular formula is C13H26O4S. The van der Waals surface area contributed by atoms with E-state index in [-0.39, 0.29) is 19.0 Å². The average Bonchev–Trinajstić information content (AvgIpc) is 2.31. The highest BCUT2D eigenvalue weighted by molar-refractivity contribution is 7.86. The maximum absolute atomic E-state index is 11.1. The van der Waals surface area contributed by atoms with Gasteiger partial charge in [0.1, 0.15) is 0 Å². The summed E-state index contributed by atoms with van der Waals surface area (Å²) < 4.78 is 26.9. The first-order valence-corrected chi connectivity index (χ1v) is 8.29. The maximum Gasteiger partial charge on any atom is 0.269 e. The molecule has 0 saturated heterocycles. The van der Waals surface area contributed by atoms with Crippen molar-refractivity contribution in [2.45, 2.75) is 51.4 Å². The van der Waals surface area contributed by atoms with E-state index in [1.807, 2.05) is 6.08 Å². The lowest BCUT2D eigenvalue weighted by molar-refractivity contribution is 0.285. The lowest BCUT2D eigenvalue weighted by Gasteiger charge is -2.04. The van der Waals surface area contributed by atoms with E-state index in [0.29, 0.717) is 0 Å². The molecule has 4 nitrogen and oxygen atoms in total. The van der Waals surface area contributed by atoms with Crippen LogP contribution in [0, 0.1) is 0 Å². The minimum absolute atomic E-state index is 0.235. The lowest BCUT2D eigenvalue weighted by atomic mass is 10.1. The van der Waals surface area contributed by atoms with E-state index in [9.17, 15) is 8.42 Å². The van der Waals surface area contributed by atoms with Crippen molar-refractivity contribution in [3.05, 3.63) is 12.7 Å². The average molecular weight is 278 g/mol. The standard InChI is InChI=1S/C13H26O4S/c1-2-3-4-5-6-7-8-9-10-12-17-18(15,16)13-11-14/h2,14H,1,3-13H2. The summed E-state index contributed by atoms with van der Waals surface area (Å²) >= 11 is 0. The minimum atomic E-state index is -3.50. The van der Waals surface area contributed by atoms with Crippen LogP contribution in [-0.2, 0) is 14.3 Å². The van der Waals surface area contributed by atoms with Gasteiger partial charge in [0.05, 0.1) is 19.0 Å². The first-order valence-electron chi connectivity index (χ1n) is 6.71. The van der Waals surface area contributed by atoms with Gasteiger partial charge in [-0.2, -0.15) is 8.42 Å². The van der Waals surface area contributed by atoms with Gasteiger partial charge < -0.3 is 5.11 Å². The fourth-order valence-electron chi connectivity index (χ4n) is 1.63. The Labute approximate surface area is 111 Å². The molecule has 0 bridgehead atoms. The SMILES string of the molecule is C=CCCCCCCCCCOS(=O)(=O)CCO. The summed E-state index contributed by atoms with van der Waals surface area (Å²) in [5, 5.41) is 8.50. The molecule has 0 spiro atoms. The van der Waals surface area contributed by atoms with Crippen molar-refractivity contribution in [1.29, 1.82) is 0 Å². The van der Waals surface area contributed by atoms with Crippen LogP contribution in [0.25, 0.3) is 0 Å². The molecule has 5 heteroatoms. The predicted molar refractivity (Wildman–Crippen MR) is 74.0 cm³/mol. The van der Waals surface area contributed by atoms with E-state index in [0.717, 1.165) is 25.7 Å². The molecule has 0 amide bonds. The zero-order valence-electron chi connectivity index (χ0n) is 11.1. The highest BCUT2D eigenvalue weighted by Crippen LogP contribution is 2.09. The third-order valence-corrected chi connectivity index (χ3v) is 3.87. The number of aliphatic hydroxyl groups excluding tert-OH is 1. The molecule has 0 rings (SSSR count). The Morgan fingerprint density at radius 1 is 1.00 bits per heavy atom. The van der Waals surface area contributed by atoms with Gasteiger partial charge in [-0.3, -0.25) is 4.18 Å². The zero-order valence-corrected chi connectivity index (χ0v) is 12.0. The number of unbranched alkanes of at least 4 members (excludes halogenated alkanes) is 7. The molecule has 0 aromatic carbocycles. The van der Waals surface area contributed by atoms with Crippen LogP contribution in [0.2, 0.25) is 0 Å². The van der Waals surface area contributed by atoms with Crippen LogP contribution in [0.15, 0.2) is 12.7 Å². The largest absolute Gasteiger partial charge is 0.395 e. The van der Waals surface area contributed by atoms with E-state index in [4.69, 9.17) is 9.29 Å². The van der Waals surface area contributed by atoms with E-state index >= 15 is 0 Å². The van der Waals surface area contributed by atoms with Crippen LogP contribution >= 0.6 is 0 Å². The smallest absolute Gasteiger partial charge is 0.269 e. The monoisotopic (exact) mass is 278 g/mol. The summed E-state index contributed by atoms with van der Waals surface area (Å²) in [6.07, 6.45) is 10.8. The summed E-state index contributed by atoms with van der Waals surface area (Å²) in [5.74, 6) is -0.309. The van der Waals surface area contributed by atoms with Crippen molar-refractivity contribution in [2.75, 3.05) is 19.0 Å². The van der Waals surface area contributed by atoms with Crippen molar-refractivity contribution in [2.24, 2.45) is 0 Å². The van der Waals surface area contributed by atoms with Crippen molar-refractivity contribution in [3.63, 3.8) is 0 Å². The molecular weight excluding hydrogens is 252 g/mol. The van der Waals surface area contributed by atoms with Crippen molar-refractivity contribution in [3.8, 4) is 0 Å². The van der Waals surface area contributed by atoms with E-state index in [1.54, 1.807) is 0 Å². The van der Waals surface area contributed by atoms with Gasteiger partial charge in [-0.05, 0) is 19.3 Å².